The molecular weight excluding hydrogens is 198 g/mol. The van der Waals surface area contributed by atoms with E-state index in [4.69, 9.17) is 0 Å². The molecule has 1 aromatic rings. The van der Waals surface area contributed by atoms with Crippen molar-refractivity contribution in [2.24, 2.45) is 11.8 Å². The number of nitrogens with one attached hydrogen (secondary N) is 1. The van der Waals surface area contributed by atoms with Gasteiger partial charge in [-0.2, -0.15) is 0 Å². The van der Waals surface area contributed by atoms with Crippen LogP contribution in [0.15, 0.2) is 12.4 Å². The van der Waals surface area contributed by atoms with E-state index in [0.29, 0.717) is 0 Å². The third kappa shape index (κ3) is 2.71. The van der Waals surface area contributed by atoms with E-state index < -0.39 is 0 Å². The minimum Gasteiger partial charge on any atom is -0.368 e. The molecule has 1 aliphatic carbocycles. The molecule has 0 saturated heterocycles. The average molecular weight is 219 g/mol. The largest absolute Gasteiger partial charge is 0.368 e. The predicted octanol–water partition coefficient (Wildman–Crippen LogP) is 3.02. The van der Waals surface area contributed by atoms with Gasteiger partial charge in [-0.15, -0.1) is 0 Å². The van der Waals surface area contributed by atoms with Crippen LogP contribution in [0.1, 0.15) is 38.3 Å². The van der Waals surface area contributed by atoms with Crippen LogP contribution < -0.4 is 5.32 Å². The maximum absolute atomic E-state index is 4.31. The molecule has 0 aliphatic heterocycles. The minimum atomic E-state index is 0.801. The van der Waals surface area contributed by atoms with Crippen molar-refractivity contribution in [3.05, 3.63) is 18.1 Å². The molecule has 1 aromatic heterocycles. The van der Waals surface area contributed by atoms with Crippen molar-refractivity contribution < 1.29 is 0 Å². The molecule has 1 saturated carbocycles. The molecule has 0 aromatic carbocycles. The molecule has 0 spiro atoms. The quantitative estimate of drug-likeness (QED) is 0.849. The van der Waals surface area contributed by atoms with Crippen molar-refractivity contribution in [3.63, 3.8) is 0 Å². The van der Waals surface area contributed by atoms with Crippen molar-refractivity contribution in [3.8, 4) is 0 Å². The second-order valence-electron chi connectivity index (χ2n) is 4.89. The van der Waals surface area contributed by atoms with Gasteiger partial charge >= 0.3 is 0 Å². The van der Waals surface area contributed by atoms with Crippen molar-refractivity contribution >= 4 is 5.82 Å². The molecule has 16 heavy (non-hydrogen) atoms. The molecule has 2 rings (SSSR count). The maximum atomic E-state index is 4.31. The van der Waals surface area contributed by atoms with Crippen LogP contribution >= 0.6 is 0 Å². The summed E-state index contributed by atoms with van der Waals surface area (Å²) in [5.74, 6) is 2.59. The van der Waals surface area contributed by atoms with E-state index in [0.717, 1.165) is 29.9 Å². The van der Waals surface area contributed by atoms with Gasteiger partial charge in [0, 0.05) is 18.9 Å². The highest BCUT2D eigenvalue weighted by molar-refractivity contribution is 5.38. The maximum Gasteiger partial charge on any atom is 0.147 e. The summed E-state index contributed by atoms with van der Waals surface area (Å²) in [5.41, 5.74) is 0.992. The molecule has 1 N–H and O–H groups in total. The number of aromatic nitrogens is 2. The van der Waals surface area contributed by atoms with Crippen molar-refractivity contribution in [1.29, 1.82) is 0 Å². The molecule has 1 aliphatic rings. The van der Waals surface area contributed by atoms with Gasteiger partial charge in [-0.25, -0.2) is 4.98 Å². The molecule has 3 heteroatoms. The van der Waals surface area contributed by atoms with Crippen LogP contribution in [0.25, 0.3) is 0 Å². The van der Waals surface area contributed by atoms with E-state index in [1.807, 2.05) is 6.92 Å². The molecule has 1 fully saturated rings. The van der Waals surface area contributed by atoms with E-state index in [1.54, 1.807) is 12.4 Å². The van der Waals surface area contributed by atoms with Crippen molar-refractivity contribution in [2.45, 2.75) is 39.5 Å². The molecule has 0 amide bonds. The van der Waals surface area contributed by atoms with Gasteiger partial charge in [-0.05, 0) is 25.2 Å². The van der Waals surface area contributed by atoms with Crippen LogP contribution in [0.2, 0.25) is 0 Å². The Kier molecular flexibility index (Phi) is 3.75. The van der Waals surface area contributed by atoms with Gasteiger partial charge in [0.1, 0.15) is 5.82 Å². The Morgan fingerprint density at radius 2 is 2.00 bits per heavy atom. The van der Waals surface area contributed by atoms with Crippen LogP contribution in [0, 0.1) is 18.8 Å². The zero-order chi connectivity index (χ0) is 11.4. The van der Waals surface area contributed by atoms with Gasteiger partial charge in [0.25, 0.3) is 0 Å². The van der Waals surface area contributed by atoms with Crippen LogP contribution in [-0.2, 0) is 0 Å². The van der Waals surface area contributed by atoms with E-state index >= 15 is 0 Å². The lowest BCUT2D eigenvalue weighted by molar-refractivity contribution is 0.268. The number of anilines is 1. The van der Waals surface area contributed by atoms with Crippen molar-refractivity contribution in [2.75, 3.05) is 11.9 Å². The molecule has 0 bridgehead atoms. The lowest BCUT2D eigenvalue weighted by Crippen LogP contribution is -2.24. The molecule has 88 valence electrons. The van der Waals surface area contributed by atoms with Crippen molar-refractivity contribution in [1.82, 2.24) is 9.97 Å². The second kappa shape index (κ2) is 5.28. The molecule has 0 radical (unpaired) electrons. The normalized spacial score (nSPS) is 25.4. The Bertz CT molecular complexity index is 338. The third-order valence-corrected chi connectivity index (χ3v) is 3.70. The van der Waals surface area contributed by atoms with Gasteiger partial charge in [0.05, 0.1) is 5.69 Å². The summed E-state index contributed by atoms with van der Waals surface area (Å²) in [6.07, 6.45) is 9.01. The molecule has 2 atom stereocenters. The second-order valence-corrected chi connectivity index (χ2v) is 4.89. The Labute approximate surface area is 97.7 Å². The highest BCUT2D eigenvalue weighted by Crippen LogP contribution is 2.29. The van der Waals surface area contributed by atoms with Gasteiger partial charge in [-0.3, -0.25) is 4.98 Å². The average Bonchev–Trinajstić information content (AvgIpc) is 2.30. The lowest BCUT2D eigenvalue weighted by atomic mass is 9.80. The number of hydrogen-bond donors (Lipinski definition) is 1. The fourth-order valence-corrected chi connectivity index (χ4v) is 2.51. The van der Waals surface area contributed by atoms with Crippen LogP contribution in [0.5, 0.6) is 0 Å². The van der Waals surface area contributed by atoms with Gasteiger partial charge in [0.15, 0.2) is 0 Å². The van der Waals surface area contributed by atoms with E-state index in [1.165, 1.54) is 25.7 Å². The Hall–Kier alpha value is -1.12. The molecule has 1 heterocycles. The van der Waals surface area contributed by atoms with Gasteiger partial charge < -0.3 is 5.32 Å². The summed E-state index contributed by atoms with van der Waals surface area (Å²) in [7, 11) is 0. The Morgan fingerprint density at radius 3 is 2.75 bits per heavy atom. The molecular formula is C13H21N3. The summed E-state index contributed by atoms with van der Waals surface area (Å²) in [5, 5.41) is 3.44. The Morgan fingerprint density at radius 1 is 1.25 bits per heavy atom. The topological polar surface area (TPSA) is 37.8 Å². The standard InChI is InChI=1S/C13H21N3/c1-10-5-3-4-6-12(10)9-16-13-11(2)14-7-8-15-13/h7-8,10,12H,3-6,9H2,1-2H3,(H,15,16). The SMILES string of the molecule is Cc1nccnc1NCC1CCCCC1C. The predicted molar refractivity (Wildman–Crippen MR) is 66.4 cm³/mol. The molecule has 2 unspecified atom stereocenters. The third-order valence-electron chi connectivity index (χ3n) is 3.70. The number of rotatable bonds is 3. The first-order valence-electron chi connectivity index (χ1n) is 6.29. The fourth-order valence-electron chi connectivity index (χ4n) is 2.51. The number of hydrogen-bond acceptors (Lipinski definition) is 3. The zero-order valence-corrected chi connectivity index (χ0v) is 10.2. The first-order chi connectivity index (χ1) is 7.77. The Balaban J connectivity index is 1.89. The van der Waals surface area contributed by atoms with E-state index in [9.17, 15) is 0 Å². The van der Waals surface area contributed by atoms with E-state index in [2.05, 4.69) is 22.2 Å². The summed E-state index contributed by atoms with van der Waals surface area (Å²) < 4.78 is 0. The summed E-state index contributed by atoms with van der Waals surface area (Å²) in [6, 6.07) is 0. The van der Waals surface area contributed by atoms with Crippen LogP contribution in [0.3, 0.4) is 0 Å². The summed E-state index contributed by atoms with van der Waals surface area (Å²) in [6.45, 7) is 5.41. The highest BCUT2D eigenvalue weighted by Gasteiger charge is 2.21. The lowest BCUT2D eigenvalue weighted by Gasteiger charge is -2.29. The highest BCUT2D eigenvalue weighted by atomic mass is 15.0. The first-order valence-corrected chi connectivity index (χ1v) is 6.29. The van der Waals surface area contributed by atoms with Crippen LogP contribution in [-0.4, -0.2) is 16.5 Å². The minimum absolute atomic E-state index is 0.801. The smallest absolute Gasteiger partial charge is 0.147 e. The van der Waals surface area contributed by atoms with E-state index in [-0.39, 0.29) is 0 Å². The van der Waals surface area contributed by atoms with Gasteiger partial charge in [0.2, 0.25) is 0 Å². The monoisotopic (exact) mass is 219 g/mol. The number of nitrogens with zero attached hydrogens (tertiary/aromatic N) is 2. The molecule has 3 nitrogen and oxygen atoms in total. The zero-order valence-electron chi connectivity index (χ0n) is 10.2. The first kappa shape index (κ1) is 11.4. The summed E-state index contributed by atoms with van der Waals surface area (Å²) >= 11 is 0. The summed E-state index contributed by atoms with van der Waals surface area (Å²) in [4.78, 5) is 8.55. The van der Waals surface area contributed by atoms with Crippen LogP contribution in [0.4, 0.5) is 5.82 Å². The number of aryl methyl sites for hydroxylation is 1. The van der Waals surface area contributed by atoms with Gasteiger partial charge in [-0.1, -0.05) is 26.2 Å². The fraction of sp³-hybridized carbons (Fsp3) is 0.692.